The first-order chi connectivity index (χ1) is 7.84. The van der Waals surface area contributed by atoms with Crippen molar-refractivity contribution in [3.63, 3.8) is 0 Å². The third-order valence-corrected chi connectivity index (χ3v) is 2.41. The summed E-state index contributed by atoms with van der Waals surface area (Å²) in [5.41, 5.74) is 6.19. The molecule has 0 aliphatic heterocycles. The number of phenolic OH excluding ortho intramolecular Hbond substituents is 1. The molecule has 1 aromatic rings. The van der Waals surface area contributed by atoms with E-state index in [1.807, 2.05) is 12.1 Å². The molecule has 0 saturated carbocycles. The number of benzene rings is 1. The number of unbranched alkanes of at least 4 members (excludes halogenated alkanes) is 3. The van der Waals surface area contributed by atoms with Gasteiger partial charge in [-0.15, -0.1) is 0 Å². The van der Waals surface area contributed by atoms with E-state index in [4.69, 9.17) is 5.73 Å². The zero-order valence-corrected chi connectivity index (χ0v) is 9.60. The first-order valence-corrected chi connectivity index (χ1v) is 5.82. The van der Waals surface area contributed by atoms with Crippen LogP contribution < -0.4 is 5.73 Å². The third-order valence-electron chi connectivity index (χ3n) is 2.41. The molecule has 0 aromatic heterocycles. The second kappa shape index (κ2) is 7.88. The number of hydrogen-bond donors (Lipinski definition) is 2. The van der Waals surface area contributed by atoms with Gasteiger partial charge in [0.15, 0.2) is 0 Å². The summed E-state index contributed by atoms with van der Waals surface area (Å²) < 4.78 is 0. The van der Waals surface area contributed by atoms with Gasteiger partial charge in [-0.2, -0.15) is 0 Å². The van der Waals surface area contributed by atoms with Crippen LogP contribution in [0.2, 0.25) is 0 Å². The Labute approximate surface area is 97.0 Å². The van der Waals surface area contributed by atoms with E-state index in [1.165, 1.54) is 12.8 Å². The Hall–Kier alpha value is -1.35. The maximum absolute atomic E-state index is 9.48. The van der Waals surface area contributed by atoms with Crippen LogP contribution in [0.4, 0.5) is 0 Å². The normalized spacial score (nSPS) is 11.1. The van der Waals surface area contributed by atoms with E-state index >= 15 is 0 Å². The van der Waals surface area contributed by atoms with Crippen LogP contribution in [0.3, 0.4) is 0 Å². The molecule has 1 aromatic carbocycles. The lowest BCUT2D eigenvalue weighted by molar-refractivity contribution is 0.474. The van der Waals surface area contributed by atoms with Crippen molar-refractivity contribution in [3.8, 4) is 5.75 Å². The highest BCUT2D eigenvalue weighted by molar-refractivity contribution is 5.83. The summed E-state index contributed by atoms with van der Waals surface area (Å²) in [6.07, 6.45) is 6.28. The SMILES string of the molecule is NCCCCCCN=Cc1ccccc1O. The first-order valence-electron chi connectivity index (χ1n) is 5.82. The minimum Gasteiger partial charge on any atom is -0.507 e. The van der Waals surface area contributed by atoms with Crippen molar-refractivity contribution >= 4 is 6.21 Å². The maximum atomic E-state index is 9.48. The summed E-state index contributed by atoms with van der Waals surface area (Å²) in [7, 11) is 0. The van der Waals surface area contributed by atoms with Gasteiger partial charge in [-0.05, 0) is 31.5 Å². The standard InChI is InChI=1S/C13H20N2O/c14-9-5-1-2-6-10-15-11-12-7-3-4-8-13(12)16/h3-4,7-8,11,16H,1-2,5-6,9-10,14H2. The van der Waals surface area contributed by atoms with E-state index < -0.39 is 0 Å². The van der Waals surface area contributed by atoms with Gasteiger partial charge in [0.05, 0.1) is 0 Å². The number of rotatable bonds is 7. The van der Waals surface area contributed by atoms with Crippen molar-refractivity contribution < 1.29 is 5.11 Å². The predicted molar refractivity (Wildman–Crippen MR) is 68.1 cm³/mol. The summed E-state index contributed by atoms with van der Waals surface area (Å²) in [6.45, 7) is 1.60. The quantitative estimate of drug-likeness (QED) is 0.547. The molecule has 0 amide bonds. The zero-order valence-electron chi connectivity index (χ0n) is 9.60. The molecular weight excluding hydrogens is 200 g/mol. The molecule has 88 valence electrons. The number of para-hydroxylation sites is 1. The number of hydrogen-bond acceptors (Lipinski definition) is 3. The topological polar surface area (TPSA) is 58.6 Å². The molecular formula is C13H20N2O. The second-order valence-electron chi connectivity index (χ2n) is 3.80. The van der Waals surface area contributed by atoms with Crippen LogP contribution in [0.15, 0.2) is 29.3 Å². The lowest BCUT2D eigenvalue weighted by Gasteiger charge is -1.98. The van der Waals surface area contributed by atoms with Gasteiger partial charge in [-0.25, -0.2) is 0 Å². The minimum atomic E-state index is 0.286. The van der Waals surface area contributed by atoms with Gasteiger partial charge in [0.2, 0.25) is 0 Å². The Morgan fingerprint density at radius 3 is 2.62 bits per heavy atom. The fourth-order valence-corrected chi connectivity index (χ4v) is 1.46. The summed E-state index contributed by atoms with van der Waals surface area (Å²) in [5, 5.41) is 9.48. The van der Waals surface area contributed by atoms with Crippen LogP contribution in [0, 0.1) is 0 Å². The van der Waals surface area contributed by atoms with Crippen molar-refractivity contribution in [3.05, 3.63) is 29.8 Å². The van der Waals surface area contributed by atoms with Gasteiger partial charge in [0, 0.05) is 18.3 Å². The molecule has 1 rings (SSSR count). The molecule has 0 aliphatic carbocycles. The lowest BCUT2D eigenvalue weighted by Crippen LogP contribution is -1.97. The van der Waals surface area contributed by atoms with Crippen LogP contribution in [0.1, 0.15) is 31.2 Å². The minimum absolute atomic E-state index is 0.286. The Kier molecular flexibility index (Phi) is 6.26. The molecule has 0 spiro atoms. The van der Waals surface area contributed by atoms with Crippen LogP contribution in [-0.4, -0.2) is 24.4 Å². The van der Waals surface area contributed by atoms with E-state index in [-0.39, 0.29) is 5.75 Å². The van der Waals surface area contributed by atoms with Gasteiger partial charge in [-0.1, -0.05) is 25.0 Å². The molecule has 3 nitrogen and oxygen atoms in total. The first kappa shape index (κ1) is 12.7. The number of aliphatic imine (C=N–C) groups is 1. The number of nitrogens with zero attached hydrogens (tertiary/aromatic N) is 1. The molecule has 0 unspecified atom stereocenters. The molecule has 0 fully saturated rings. The molecule has 0 heterocycles. The van der Waals surface area contributed by atoms with Crippen molar-refractivity contribution in [1.82, 2.24) is 0 Å². The Bertz CT molecular complexity index is 323. The van der Waals surface area contributed by atoms with Crippen molar-refractivity contribution in [2.45, 2.75) is 25.7 Å². The fourth-order valence-electron chi connectivity index (χ4n) is 1.46. The van der Waals surface area contributed by atoms with E-state index in [1.54, 1.807) is 18.3 Å². The zero-order chi connectivity index (χ0) is 11.6. The summed E-state index contributed by atoms with van der Waals surface area (Å²) >= 11 is 0. The molecule has 3 heteroatoms. The van der Waals surface area contributed by atoms with Gasteiger partial charge in [0.1, 0.15) is 5.75 Å². The smallest absolute Gasteiger partial charge is 0.124 e. The van der Waals surface area contributed by atoms with Gasteiger partial charge < -0.3 is 10.8 Å². The summed E-state index contributed by atoms with van der Waals surface area (Å²) in [5.74, 6) is 0.286. The van der Waals surface area contributed by atoms with Gasteiger partial charge >= 0.3 is 0 Å². The molecule has 3 N–H and O–H groups in total. The van der Waals surface area contributed by atoms with Crippen molar-refractivity contribution in [2.24, 2.45) is 10.7 Å². The van der Waals surface area contributed by atoms with Crippen LogP contribution in [-0.2, 0) is 0 Å². The molecule has 0 aliphatic rings. The Morgan fingerprint density at radius 2 is 1.88 bits per heavy atom. The number of phenols is 1. The van der Waals surface area contributed by atoms with Crippen LogP contribution in [0.25, 0.3) is 0 Å². The molecule has 0 atom stereocenters. The highest BCUT2D eigenvalue weighted by Gasteiger charge is 1.93. The van der Waals surface area contributed by atoms with E-state index in [2.05, 4.69) is 4.99 Å². The molecule has 0 saturated heterocycles. The number of aromatic hydroxyl groups is 1. The van der Waals surface area contributed by atoms with E-state index in [0.717, 1.165) is 31.5 Å². The van der Waals surface area contributed by atoms with E-state index in [9.17, 15) is 5.11 Å². The van der Waals surface area contributed by atoms with Crippen molar-refractivity contribution in [1.29, 1.82) is 0 Å². The van der Waals surface area contributed by atoms with Crippen LogP contribution >= 0.6 is 0 Å². The Balaban J connectivity index is 2.20. The summed E-state index contributed by atoms with van der Waals surface area (Å²) in [6, 6.07) is 7.22. The molecule has 0 radical (unpaired) electrons. The highest BCUT2D eigenvalue weighted by atomic mass is 16.3. The van der Waals surface area contributed by atoms with Gasteiger partial charge in [-0.3, -0.25) is 4.99 Å². The highest BCUT2D eigenvalue weighted by Crippen LogP contribution is 2.12. The fraction of sp³-hybridized carbons (Fsp3) is 0.462. The summed E-state index contributed by atoms with van der Waals surface area (Å²) in [4.78, 5) is 4.28. The van der Waals surface area contributed by atoms with Crippen molar-refractivity contribution in [2.75, 3.05) is 13.1 Å². The second-order valence-corrected chi connectivity index (χ2v) is 3.80. The Morgan fingerprint density at radius 1 is 1.12 bits per heavy atom. The lowest BCUT2D eigenvalue weighted by atomic mass is 10.2. The monoisotopic (exact) mass is 220 g/mol. The molecule has 16 heavy (non-hydrogen) atoms. The van der Waals surface area contributed by atoms with Gasteiger partial charge in [0.25, 0.3) is 0 Å². The average Bonchev–Trinajstić information content (AvgIpc) is 2.30. The third kappa shape index (κ3) is 4.94. The largest absolute Gasteiger partial charge is 0.507 e. The van der Waals surface area contributed by atoms with E-state index in [0.29, 0.717) is 0 Å². The molecule has 0 bridgehead atoms. The van der Waals surface area contributed by atoms with Crippen LogP contribution in [0.5, 0.6) is 5.75 Å². The average molecular weight is 220 g/mol. The predicted octanol–water partition coefficient (Wildman–Crippen LogP) is 2.33. The number of nitrogens with two attached hydrogens (primary N) is 1. The maximum Gasteiger partial charge on any atom is 0.124 e.